The minimum atomic E-state index is 0.135. The zero-order valence-corrected chi connectivity index (χ0v) is 11.5. The molecule has 0 saturated heterocycles. The summed E-state index contributed by atoms with van der Waals surface area (Å²) in [5.41, 5.74) is 5.48. The van der Waals surface area contributed by atoms with Gasteiger partial charge in [0.1, 0.15) is 0 Å². The minimum Gasteiger partial charge on any atom is -0.393 e. The van der Waals surface area contributed by atoms with E-state index in [4.69, 9.17) is 22.7 Å². The Kier molecular flexibility index (Phi) is 5.85. The molecule has 5 heteroatoms. The van der Waals surface area contributed by atoms with Crippen LogP contribution in [0.5, 0.6) is 0 Å². The highest BCUT2D eigenvalue weighted by Gasteiger charge is 2.31. The van der Waals surface area contributed by atoms with E-state index in [-0.39, 0.29) is 12.0 Å². The number of ether oxygens (including phenoxy) is 1. The molecule has 0 heterocycles. The minimum absolute atomic E-state index is 0.135. The Morgan fingerprint density at radius 3 is 2.65 bits per heavy atom. The quantitative estimate of drug-likeness (QED) is 0.670. The number of thiocarbonyl (C=S) groups is 1. The van der Waals surface area contributed by atoms with E-state index in [1.165, 1.54) is 0 Å². The van der Waals surface area contributed by atoms with Crippen molar-refractivity contribution in [3.8, 4) is 0 Å². The molecule has 0 aromatic rings. The number of rotatable bonds is 8. The van der Waals surface area contributed by atoms with Crippen LogP contribution in [0.2, 0.25) is 0 Å². The van der Waals surface area contributed by atoms with Crippen LogP contribution in [0, 0.1) is 0 Å². The molecule has 1 unspecified atom stereocenters. The number of carbonyl (C=O) groups is 1. The predicted octanol–water partition coefficient (Wildman–Crippen LogP) is 1.47. The van der Waals surface area contributed by atoms with Gasteiger partial charge < -0.3 is 15.4 Å². The van der Waals surface area contributed by atoms with Gasteiger partial charge in [0.2, 0.25) is 5.91 Å². The SMILES string of the molecule is COC(C)CCC(=O)N(CCC(N)=S)C1CC1. The van der Waals surface area contributed by atoms with E-state index in [0.717, 1.165) is 19.3 Å². The van der Waals surface area contributed by atoms with E-state index in [1.54, 1.807) is 7.11 Å². The molecule has 1 atom stereocenters. The topological polar surface area (TPSA) is 55.6 Å². The van der Waals surface area contributed by atoms with Gasteiger partial charge >= 0.3 is 0 Å². The summed E-state index contributed by atoms with van der Waals surface area (Å²) in [5.74, 6) is 0.202. The highest BCUT2D eigenvalue weighted by atomic mass is 32.1. The van der Waals surface area contributed by atoms with Gasteiger partial charge in [-0.1, -0.05) is 12.2 Å². The van der Waals surface area contributed by atoms with Gasteiger partial charge in [0.05, 0.1) is 11.1 Å². The van der Waals surface area contributed by atoms with Gasteiger partial charge in [-0.05, 0) is 26.2 Å². The summed E-state index contributed by atoms with van der Waals surface area (Å²) in [4.78, 5) is 14.5. The predicted molar refractivity (Wildman–Crippen MR) is 71.8 cm³/mol. The van der Waals surface area contributed by atoms with E-state index in [0.29, 0.717) is 30.4 Å². The number of hydrogen-bond donors (Lipinski definition) is 1. The molecule has 17 heavy (non-hydrogen) atoms. The normalized spacial score (nSPS) is 16.6. The standard InChI is InChI=1S/C12H22N2O2S/c1-9(16-2)3-6-12(15)14(10-4-5-10)8-7-11(13)17/h9-10H,3-8H2,1-2H3,(H2,13,17). The van der Waals surface area contributed by atoms with Crippen molar-refractivity contribution in [2.45, 2.75) is 51.2 Å². The first-order valence-corrected chi connectivity index (χ1v) is 6.56. The van der Waals surface area contributed by atoms with E-state index < -0.39 is 0 Å². The second-order valence-corrected chi connectivity index (χ2v) is 5.14. The molecule has 0 aromatic carbocycles. The molecule has 0 aliphatic heterocycles. The van der Waals surface area contributed by atoms with Crippen molar-refractivity contribution in [2.24, 2.45) is 5.73 Å². The number of carbonyl (C=O) groups excluding carboxylic acids is 1. The number of nitrogens with zero attached hydrogens (tertiary/aromatic N) is 1. The van der Waals surface area contributed by atoms with Gasteiger partial charge in [0.25, 0.3) is 0 Å². The van der Waals surface area contributed by atoms with Gasteiger partial charge in [-0.3, -0.25) is 4.79 Å². The molecule has 0 aromatic heterocycles. The van der Waals surface area contributed by atoms with E-state index >= 15 is 0 Å². The number of methoxy groups -OCH3 is 1. The Hall–Kier alpha value is -0.680. The first kappa shape index (κ1) is 14.4. The van der Waals surface area contributed by atoms with Crippen LogP contribution < -0.4 is 5.73 Å². The van der Waals surface area contributed by atoms with Crippen LogP contribution in [0.1, 0.15) is 39.0 Å². The van der Waals surface area contributed by atoms with Crippen LogP contribution in [-0.2, 0) is 9.53 Å². The summed E-state index contributed by atoms with van der Waals surface area (Å²) in [6.07, 6.45) is 4.30. The first-order chi connectivity index (χ1) is 8.04. The number of nitrogens with two attached hydrogens (primary N) is 1. The Bertz CT molecular complexity index is 280. The maximum atomic E-state index is 12.0. The van der Waals surface area contributed by atoms with Crippen LogP contribution >= 0.6 is 12.2 Å². The van der Waals surface area contributed by atoms with Crippen LogP contribution in [0.25, 0.3) is 0 Å². The van der Waals surface area contributed by atoms with Crippen LogP contribution in [0.3, 0.4) is 0 Å². The van der Waals surface area contributed by atoms with Crippen molar-refractivity contribution in [3.63, 3.8) is 0 Å². The third-order valence-electron chi connectivity index (χ3n) is 3.07. The molecule has 1 fully saturated rings. The maximum Gasteiger partial charge on any atom is 0.222 e. The van der Waals surface area contributed by atoms with Crippen LogP contribution in [-0.4, -0.2) is 41.6 Å². The van der Waals surface area contributed by atoms with Crippen molar-refractivity contribution in [1.82, 2.24) is 4.90 Å². The molecule has 1 amide bonds. The summed E-state index contributed by atoms with van der Waals surface area (Å²) in [6.45, 7) is 2.64. The smallest absolute Gasteiger partial charge is 0.222 e. The van der Waals surface area contributed by atoms with E-state index in [9.17, 15) is 4.79 Å². The third-order valence-corrected chi connectivity index (χ3v) is 3.28. The average Bonchev–Trinajstić information content (AvgIpc) is 3.09. The first-order valence-electron chi connectivity index (χ1n) is 6.15. The molecular formula is C12H22N2O2S. The Labute approximate surface area is 108 Å². The van der Waals surface area contributed by atoms with Gasteiger partial charge in [0.15, 0.2) is 0 Å². The monoisotopic (exact) mass is 258 g/mol. The molecule has 0 spiro atoms. The van der Waals surface area contributed by atoms with Crippen molar-refractivity contribution in [1.29, 1.82) is 0 Å². The lowest BCUT2D eigenvalue weighted by Gasteiger charge is -2.22. The summed E-state index contributed by atoms with van der Waals surface area (Å²) in [6, 6.07) is 0.426. The lowest BCUT2D eigenvalue weighted by atomic mass is 10.2. The van der Waals surface area contributed by atoms with E-state index in [2.05, 4.69) is 0 Å². The fraction of sp³-hybridized carbons (Fsp3) is 0.833. The van der Waals surface area contributed by atoms with Crippen molar-refractivity contribution in [3.05, 3.63) is 0 Å². The fourth-order valence-electron chi connectivity index (χ4n) is 1.72. The van der Waals surface area contributed by atoms with Crippen LogP contribution in [0.4, 0.5) is 0 Å². The molecule has 4 nitrogen and oxygen atoms in total. The molecule has 1 aliphatic carbocycles. The number of hydrogen-bond acceptors (Lipinski definition) is 3. The largest absolute Gasteiger partial charge is 0.393 e. The highest BCUT2D eigenvalue weighted by molar-refractivity contribution is 7.80. The summed E-state index contributed by atoms with van der Waals surface area (Å²) < 4.78 is 5.14. The average molecular weight is 258 g/mol. The Morgan fingerprint density at radius 2 is 2.18 bits per heavy atom. The Morgan fingerprint density at radius 1 is 1.53 bits per heavy atom. The lowest BCUT2D eigenvalue weighted by molar-refractivity contribution is -0.132. The maximum absolute atomic E-state index is 12.0. The zero-order valence-electron chi connectivity index (χ0n) is 10.6. The van der Waals surface area contributed by atoms with Gasteiger partial charge in [-0.15, -0.1) is 0 Å². The summed E-state index contributed by atoms with van der Waals surface area (Å²) in [5, 5.41) is 0. The molecule has 2 N–H and O–H groups in total. The zero-order chi connectivity index (χ0) is 12.8. The Balaban J connectivity index is 2.35. The van der Waals surface area contributed by atoms with Gasteiger partial charge in [0, 0.05) is 32.5 Å². The van der Waals surface area contributed by atoms with Gasteiger partial charge in [-0.2, -0.15) is 0 Å². The van der Waals surface area contributed by atoms with Crippen LogP contribution in [0.15, 0.2) is 0 Å². The fourth-order valence-corrected chi connectivity index (χ4v) is 1.81. The second kappa shape index (κ2) is 6.91. The van der Waals surface area contributed by atoms with Gasteiger partial charge in [-0.25, -0.2) is 0 Å². The third kappa shape index (κ3) is 5.46. The summed E-state index contributed by atoms with van der Waals surface area (Å²) >= 11 is 4.85. The number of amides is 1. The lowest BCUT2D eigenvalue weighted by Crippen LogP contribution is -2.35. The molecule has 1 rings (SSSR count). The molecule has 1 saturated carbocycles. The van der Waals surface area contributed by atoms with Crippen molar-refractivity contribution in [2.75, 3.05) is 13.7 Å². The molecular weight excluding hydrogens is 236 g/mol. The van der Waals surface area contributed by atoms with Crippen molar-refractivity contribution < 1.29 is 9.53 Å². The molecule has 0 bridgehead atoms. The van der Waals surface area contributed by atoms with Crippen molar-refractivity contribution >= 4 is 23.1 Å². The molecule has 98 valence electrons. The summed E-state index contributed by atoms with van der Waals surface area (Å²) in [7, 11) is 1.67. The highest BCUT2D eigenvalue weighted by Crippen LogP contribution is 2.27. The second-order valence-electron chi connectivity index (χ2n) is 4.62. The molecule has 0 radical (unpaired) electrons. The molecule has 1 aliphatic rings. The van der Waals surface area contributed by atoms with E-state index in [1.807, 2.05) is 11.8 Å².